The van der Waals surface area contributed by atoms with Crippen LogP contribution in [0.25, 0.3) is 11.0 Å². The standard InChI is InChI=1S/C19H25N5O5S/c1-7-23-13-9-8-12(30(27,28)22(5)6)10-14(13)24(17(26)16(23)25)11-15-20-18(21-29-15)19(2,3)4/h8-10H,7,11H2,1-6H3. The molecule has 2 heterocycles. The molecular weight excluding hydrogens is 410 g/mol. The first kappa shape index (κ1) is 21.9. The van der Waals surface area contributed by atoms with Crippen LogP contribution in [-0.2, 0) is 28.5 Å². The molecule has 162 valence electrons. The Morgan fingerprint density at radius 2 is 1.70 bits per heavy atom. The first-order valence-electron chi connectivity index (χ1n) is 9.41. The molecule has 2 aromatic heterocycles. The number of hydrogen-bond acceptors (Lipinski definition) is 7. The highest BCUT2D eigenvalue weighted by Crippen LogP contribution is 2.21. The van der Waals surface area contributed by atoms with Crippen LogP contribution in [0.5, 0.6) is 0 Å². The van der Waals surface area contributed by atoms with Crippen LogP contribution in [0.1, 0.15) is 39.4 Å². The smallest absolute Gasteiger partial charge is 0.317 e. The number of benzene rings is 1. The van der Waals surface area contributed by atoms with Gasteiger partial charge in [0, 0.05) is 26.1 Å². The van der Waals surface area contributed by atoms with E-state index >= 15 is 0 Å². The second kappa shape index (κ2) is 7.47. The maximum atomic E-state index is 12.8. The van der Waals surface area contributed by atoms with Gasteiger partial charge in [-0.15, -0.1) is 0 Å². The first-order chi connectivity index (χ1) is 13.9. The van der Waals surface area contributed by atoms with E-state index < -0.39 is 21.1 Å². The Kier molecular flexibility index (Phi) is 5.46. The molecule has 0 unspecified atom stereocenters. The molecule has 3 rings (SSSR count). The molecule has 0 amide bonds. The van der Waals surface area contributed by atoms with Crippen molar-refractivity contribution in [2.24, 2.45) is 0 Å². The van der Waals surface area contributed by atoms with Gasteiger partial charge in [0.05, 0.1) is 15.9 Å². The van der Waals surface area contributed by atoms with Gasteiger partial charge < -0.3 is 9.09 Å². The van der Waals surface area contributed by atoms with Gasteiger partial charge in [0.2, 0.25) is 15.9 Å². The lowest BCUT2D eigenvalue weighted by Crippen LogP contribution is -2.41. The van der Waals surface area contributed by atoms with E-state index in [1.165, 1.54) is 41.4 Å². The van der Waals surface area contributed by atoms with Crippen LogP contribution in [0.3, 0.4) is 0 Å². The zero-order valence-corrected chi connectivity index (χ0v) is 18.6. The van der Waals surface area contributed by atoms with Gasteiger partial charge in [-0.1, -0.05) is 25.9 Å². The molecule has 0 atom stereocenters. The topological polar surface area (TPSA) is 120 Å². The molecule has 0 spiro atoms. The highest BCUT2D eigenvalue weighted by atomic mass is 32.2. The van der Waals surface area contributed by atoms with E-state index in [2.05, 4.69) is 10.1 Å². The lowest BCUT2D eigenvalue weighted by atomic mass is 9.96. The van der Waals surface area contributed by atoms with Crippen LogP contribution in [0, 0.1) is 0 Å². The van der Waals surface area contributed by atoms with E-state index in [-0.39, 0.29) is 29.3 Å². The van der Waals surface area contributed by atoms with Gasteiger partial charge in [0.15, 0.2) is 5.82 Å². The van der Waals surface area contributed by atoms with E-state index in [0.29, 0.717) is 16.9 Å². The SMILES string of the molecule is CCn1c(=O)c(=O)n(Cc2nc(C(C)(C)C)no2)c2cc(S(=O)(=O)N(C)C)ccc21. The van der Waals surface area contributed by atoms with Crippen LogP contribution in [0.2, 0.25) is 0 Å². The molecule has 11 heteroatoms. The predicted octanol–water partition coefficient (Wildman–Crippen LogP) is 1.16. The Morgan fingerprint density at radius 3 is 2.23 bits per heavy atom. The molecule has 1 aromatic carbocycles. The molecule has 0 fully saturated rings. The number of rotatable bonds is 5. The Bertz CT molecular complexity index is 1330. The minimum Gasteiger partial charge on any atom is -0.337 e. The van der Waals surface area contributed by atoms with E-state index in [1.807, 2.05) is 20.8 Å². The summed E-state index contributed by atoms with van der Waals surface area (Å²) < 4.78 is 34.0. The summed E-state index contributed by atoms with van der Waals surface area (Å²) in [5.41, 5.74) is -1.12. The summed E-state index contributed by atoms with van der Waals surface area (Å²) in [6.45, 7) is 7.62. The van der Waals surface area contributed by atoms with Crippen LogP contribution < -0.4 is 11.1 Å². The molecular formula is C19H25N5O5S. The van der Waals surface area contributed by atoms with Crippen molar-refractivity contribution in [1.29, 1.82) is 0 Å². The van der Waals surface area contributed by atoms with E-state index in [9.17, 15) is 18.0 Å². The quantitative estimate of drug-likeness (QED) is 0.552. The third-order valence-corrected chi connectivity index (χ3v) is 6.54. The third kappa shape index (κ3) is 3.70. The summed E-state index contributed by atoms with van der Waals surface area (Å²) in [4.78, 5) is 29.8. The highest BCUT2D eigenvalue weighted by molar-refractivity contribution is 7.89. The summed E-state index contributed by atoms with van der Waals surface area (Å²) in [7, 11) is -0.891. The number of fused-ring (bicyclic) bond motifs is 1. The second-order valence-corrected chi connectivity index (χ2v) is 10.3. The van der Waals surface area contributed by atoms with Crippen molar-refractivity contribution in [3.8, 4) is 0 Å². The third-order valence-electron chi connectivity index (χ3n) is 4.73. The maximum Gasteiger partial charge on any atom is 0.317 e. The number of hydrogen-bond donors (Lipinski definition) is 0. The average molecular weight is 436 g/mol. The van der Waals surface area contributed by atoms with Gasteiger partial charge in [-0.05, 0) is 25.1 Å². The Balaban J connectivity index is 2.29. The van der Waals surface area contributed by atoms with Crippen LogP contribution in [-0.4, -0.2) is 46.1 Å². The largest absolute Gasteiger partial charge is 0.337 e. The lowest BCUT2D eigenvalue weighted by Gasteiger charge is -2.16. The van der Waals surface area contributed by atoms with E-state index in [4.69, 9.17) is 4.52 Å². The van der Waals surface area contributed by atoms with Crippen molar-refractivity contribution in [2.45, 2.75) is 51.1 Å². The van der Waals surface area contributed by atoms with Crippen molar-refractivity contribution in [1.82, 2.24) is 23.6 Å². The van der Waals surface area contributed by atoms with Crippen molar-refractivity contribution in [3.63, 3.8) is 0 Å². The normalized spacial score (nSPS) is 12.8. The number of sulfonamides is 1. The number of aryl methyl sites for hydroxylation is 1. The van der Waals surface area contributed by atoms with Crippen LogP contribution >= 0.6 is 0 Å². The zero-order chi connectivity index (χ0) is 22.4. The summed E-state index contributed by atoms with van der Waals surface area (Å²) in [5, 5.41) is 3.94. The first-order valence-corrected chi connectivity index (χ1v) is 10.8. The molecule has 0 saturated carbocycles. The summed E-state index contributed by atoms with van der Waals surface area (Å²) in [6, 6.07) is 4.34. The van der Waals surface area contributed by atoms with Gasteiger partial charge in [-0.2, -0.15) is 4.98 Å². The Morgan fingerprint density at radius 1 is 1.07 bits per heavy atom. The average Bonchev–Trinajstić information content (AvgIpc) is 3.14. The Hall–Kier alpha value is -2.79. The fraction of sp³-hybridized carbons (Fsp3) is 0.474. The molecule has 0 aliphatic carbocycles. The van der Waals surface area contributed by atoms with Crippen LogP contribution in [0.15, 0.2) is 37.2 Å². The fourth-order valence-electron chi connectivity index (χ4n) is 3.00. The van der Waals surface area contributed by atoms with Gasteiger partial charge in [0.25, 0.3) is 0 Å². The highest BCUT2D eigenvalue weighted by Gasteiger charge is 2.23. The van der Waals surface area contributed by atoms with Crippen molar-refractivity contribution in [2.75, 3.05) is 14.1 Å². The molecule has 0 aliphatic rings. The molecule has 10 nitrogen and oxygen atoms in total. The van der Waals surface area contributed by atoms with E-state index in [1.54, 1.807) is 6.92 Å². The molecule has 0 bridgehead atoms. The minimum atomic E-state index is -3.74. The van der Waals surface area contributed by atoms with Gasteiger partial charge in [-0.3, -0.25) is 14.2 Å². The van der Waals surface area contributed by atoms with Crippen molar-refractivity contribution in [3.05, 3.63) is 50.6 Å². The summed E-state index contributed by atoms with van der Waals surface area (Å²) in [5.74, 6) is 0.616. The van der Waals surface area contributed by atoms with Gasteiger partial charge >= 0.3 is 11.1 Å². The lowest BCUT2D eigenvalue weighted by molar-refractivity contribution is 0.357. The van der Waals surface area contributed by atoms with Crippen LogP contribution in [0.4, 0.5) is 0 Å². The number of aromatic nitrogens is 4. The second-order valence-electron chi connectivity index (χ2n) is 8.14. The number of nitrogens with zero attached hydrogens (tertiary/aromatic N) is 5. The fourth-order valence-corrected chi connectivity index (χ4v) is 3.92. The maximum absolute atomic E-state index is 12.8. The van der Waals surface area contributed by atoms with Crippen molar-refractivity contribution >= 4 is 21.1 Å². The molecule has 0 radical (unpaired) electrons. The summed E-state index contributed by atoms with van der Waals surface area (Å²) in [6.07, 6.45) is 0. The molecule has 30 heavy (non-hydrogen) atoms. The monoisotopic (exact) mass is 435 g/mol. The minimum absolute atomic E-state index is 0.00959. The molecule has 3 aromatic rings. The van der Waals surface area contributed by atoms with Gasteiger partial charge in [0.1, 0.15) is 6.54 Å². The molecule has 0 N–H and O–H groups in total. The molecule has 0 aliphatic heterocycles. The summed E-state index contributed by atoms with van der Waals surface area (Å²) >= 11 is 0. The Labute approximate surface area is 173 Å². The zero-order valence-electron chi connectivity index (χ0n) is 17.8. The van der Waals surface area contributed by atoms with Crippen molar-refractivity contribution < 1.29 is 12.9 Å². The predicted molar refractivity (Wildman–Crippen MR) is 111 cm³/mol. The van der Waals surface area contributed by atoms with E-state index in [0.717, 1.165) is 4.31 Å². The van der Waals surface area contributed by atoms with Gasteiger partial charge in [-0.25, -0.2) is 12.7 Å². The molecule has 0 saturated heterocycles.